The van der Waals surface area contributed by atoms with Gasteiger partial charge in [0, 0.05) is 38.4 Å². The van der Waals surface area contributed by atoms with Crippen molar-refractivity contribution in [2.75, 3.05) is 4.90 Å². The number of hydrogen-bond acceptors (Lipinski definition) is 3. The summed E-state index contributed by atoms with van der Waals surface area (Å²) in [5.74, 6) is 0.100. The summed E-state index contributed by atoms with van der Waals surface area (Å²) in [5.41, 5.74) is 1.60. The number of amides is 3. The van der Waals surface area contributed by atoms with Gasteiger partial charge < -0.3 is 12.0 Å². The smallest absolute Gasteiger partial charge is 0.329 e. The standard InChI is InChI=1S/C22H31N2O3.Y/c1-2-3-4-8-11-19-21(26)23-22(27)24(19)18-14-12-17(13-15-18)20(25)16-9-6-5-7-10-16;/h12-16,19-20,25H,1-11H2,(H,23,26,27);/q-1;. The summed E-state index contributed by atoms with van der Waals surface area (Å²) in [6.45, 7) is 3.84. The molecular formula is C22H31N2O3Y-. The van der Waals surface area contributed by atoms with Gasteiger partial charge in [-0.05, 0) is 42.9 Å². The number of rotatable bonds is 8. The van der Waals surface area contributed by atoms with Gasteiger partial charge in [-0.25, -0.2) is 4.79 Å². The number of hydrogen-bond donors (Lipinski definition) is 2. The molecule has 6 heteroatoms. The number of anilines is 1. The first-order valence-corrected chi connectivity index (χ1v) is 10.3. The Morgan fingerprint density at radius 3 is 2.39 bits per heavy atom. The summed E-state index contributed by atoms with van der Waals surface area (Å²) >= 11 is 0. The fourth-order valence-corrected chi connectivity index (χ4v) is 4.31. The first-order chi connectivity index (χ1) is 13.1. The van der Waals surface area contributed by atoms with E-state index < -0.39 is 12.1 Å². The van der Waals surface area contributed by atoms with Crippen molar-refractivity contribution >= 4 is 17.6 Å². The van der Waals surface area contributed by atoms with Crippen molar-refractivity contribution in [2.45, 2.75) is 76.4 Å². The van der Waals surface area contributed by atoms with Gasteiger partial charge in [0.2, 0.25) is 0 Å². The second-order valence-corrected chi connectivity index (χ2v) is 7.82. The molecule has 1 radical (unpaired) electrons. The molecule has 2 N–H and O–H groups in total. The minimum Gasteiger partial charge on any atom is -0.388 e. The Kier molecular flexibility index (Phi) is 9.59. The normalized spacial score (nSPS) is 21.4. The molecule has 2 aliphatic rings. The van der Waals surface area contributed by atoms with E-state index in [-0.39, 0.29) is 44.6 Å². The summed E-state index contributed by atoms with van der Waals surface area (Å²) in [5, 5.41) is 13.1. The second kappa shape index (κ2) is 11.4. The monoisotopic (exact) mass is 460 g/mol. The van der Waals surface area contributed by atoms with E-state index in [0.29, 0.717) is 18.0 Å². The van der Waals surface area contributed by atoms with Crippen LogP contribution >= 0.6 is 0 Å². The van der Waals surface area contributed by atoms with Gasteiger partial charge >= 0.3 is 6.03 Å². The van der Waals surface area contributed by atoms with Crippen LogP contribution in [-0.4, -0.2) is 23.1 Å². The second-order valence-electron chi connectivity index (χ2n) is 7.82. The SMILES string of the molecule is [CH2-]CCCCCC1C(=O)NC(=O)N1c1ccc(C(O)C2CCCCC2)cc1.[Y]. The topological polar surface area (TPSA) is 69.6 Å². The maximum Gasteiger partial charge on any atom is 0.329 e. The third-order valence-corrected chi connectivity index (χ3v) is 5.90. The molecule has 0 aromatic heterocycles. The number of carbonyl (C=O) groups is 2. The van der Waals surface area contributed by atoms with Gasteiger partial charge in [-0.1, -0.05) is 50.7 Å². The molecule has 5 nitrogen and oxygen atoms in total. The molecule has 3 amide bonds. The van der Waals surface area contributed by atoms with E-state index in [1.165, 1.54) is 19.3 Å². The van der Waals surface area contributed by atoms with E-state index in [2.05, 4.69) is 12.2 Å². The van der Waals surface area contributed by atoms with Crippen LogP contribution in [0.1, 0.15) is 75.9 Å². The van der Waals surface area contributed by atoms with Crippen molar-refractivity contribution < 1.29 is 47.4 Å². The molecule has 28 heavy (non-hydrogen) atoms. The molecule has 1 saturated carbocycles. The molecule has 2 unspecified atom stereocenters. The van der Waals surface area contributed by atoms with Gasteiger partial charge in [0.15, 0.2) is 0 Å². The Hall–Kier alpha value is -0.776. The molecule has 1 aliphatic carbocycles. The van der Waals surface area contributed by atoms with Gasteiger partial charge in [-0.2, -0.15) is 6.42 Å². The summed E-state index contributed by atoms with van der Waals surface area (Å²) in [7, 11) is 0. The Balaban J connectivity index is 0.00000280. The van der Waals surface area contributed by atoms with Crippen LogP contribution in [0.5, 0.6) is 0 Å². The third kappa shape index (κ3) is 5.64. The average Bonchev–Trinajstić information content (AvgIpc) is 2.98. The van der Waals surface area contributed by atoms with Gasteiger partial charge in [-0.15, -0.1) is 0 Å². The Morgan fingerprint density at radius 2 is 1.75 bits per heavy atom. The predicted molar refractivity (Wildman–Crippen MR) is 106 cm³/mol. The number of nitrogens with zero attached hydrogens (tertiary/aromatic N) is 1. The Bertz CT molecular complexity index is 644. The van der Waals surface area contributed by atoms with E-state index in [1.807, 2.05) is 24.3 Å². The molecule has 1 aromatic carbocycles. The zero-order chi connectivity index (χ0) is 19.2. The van der Waals surface area contributed by atoms with Gasteiger partial charge in [0.1, 0.15) is 6.04 Å². The number of unbranched alkanes of at least 4 members (excludes halogenated alkanes) is 3. The number of aliphatic hydroxyl groups is 1. The summed E-state index contributed by atoms with van der Waals surface area (Å²) in [6.07, 6.45) is 9.82. The summed E-state index contributed by atoms with van der Waals surface area (Å²) in [4.78, 5) is 26.0. The van der Waals surface area contributed by atoms with E-state index in [9.17, 15) is 14.7 Å². The van der Waals surface area contributed by atoms with Crippen molar-refractivity contribution in [3.05, 3.63) is 36.8 Å². The number of benzene rings is 1. The number of carbonyl (C=O) groups excluding carboxylic acids is 2. The molecule has 2 atom stereocenters. The molecule has 0 spiro atoms. The van der Waals surface area contributed by atoms with Crippen LogP contribution < -0.4 is 10.2 Å². The first kappa shape index (κ1) is 23.5. The summed E-state index contributed by atoms with van der Waals surface area (Å²) < 4.78 is 0. The van der Waals surface area contributed by atoms with Crippen LogP contribution in [0.25, 0.3) is 0 Å². The van der Waals surface area contributed by atoms with Crippen LogP contribution in [0, 0.1) is 12.8 Å². The van der Waals surface area contributed by atoms with Crippen LogP contribution in [0.15, 0.2) is 24.3 Å². The summed E-state index contributed by atoms with van der Waals surface area (Å²) in [6, 6.07) is 6.68. The molecule has 0 bridgehead atoms. The maximum absolute atomic E-state index is 12.3. The molecule has 2 fully saturated rings. The Morgan fingerprint density at radius 1 is 1.07 bits per heavy atom. The van der Waals surface area contributed by atoms with Crippen LogP contribution in [0.4, 0.5) is 10.5 Å². The number of nitrogens with one attached hydrogen (secondary N) is 1. The maximum atomic E-state index is 12.3. The van der Waals surface area contributed by atoms with E-state index in [0.717, 1.165) is 44.1 Å². The fraction of sp³-hybridized carbons (Fsp3) is 0.591. The van der Waals surface area contributed by atoms with E-state index >= 15 is 0 Å². The minimum absolute atomic E-state index is 0. The van der Waals surface area contributed by atoms with Crippen molar-refractivity contribution in [3.63, 3.8) is 0 Å². The largest absolute Gasteiger partial charge is 0.388 e. The van der Waals surface area contributed by atoms with Crippen molar-refractivity contribution in [3.8, 4) is 0 Å². The molecule has 3 rings (SSSR count). The Labute approximate surface area is 193 Å². The quantitative estimate of drug-likeness (QED) is 0.341. The van der Waals surface area contributed by atoms with E-state index in [1.54, 1.807) is 4.90 Å². The van der Waals surface area contributed by atoms with Crippen LogP contribution in [-0.2, 0) is 37.5 Å². The number of imide groups is 1. The molecule has 151 valence electrons. The third-order valence-electron chi connectivity index (χ3n) is 5.90. The first-order valence-electron chi connectivity index (χ1n) is 10.3. The van der Waals surface area contributed by atoms with Crippen LogP contribution in [0.3, 0.4) is 0 Å². The van der Waals surface area contributed by atoms with Gasteiger partial charge in [0.05, 0.1) is 6.10 Å². The molecular weight excluding hydrogens is 429 g/mol. The van der Waals surface area contributed by atoms with E-state index in [4.69, 9.17) is 0 Å². The van der Waals surface area contributed by atoms with Crippen molar-refractivity contribution in [1.82, 2.24) is 5.32 Å². The van der Waals surface area contributed by atoms with Crippen LogP contribution in [0.2, 0.25) is 0 Å². The van der Waals surface area contributed by atoms with Gasteiger partial charge in [0.25, 0.3) is 5.91 Å². The zero-order valence-corrected chi connectivity index (χ0v) is 19.4. The molecule has 1 aliphatic heterocycles. The fourth-order valence-electron chi connectivity index (χ4n) is 4.31. The average molecular weight is 460 g/mol. The number of urea groups is 1. The van der Waals surface area contributed by atoms with Crippen molar-refractivity contribution in [1.29, 1.82) is 0 Å². The molecule has 1 heterocycles. The number of aliphatic hydroxyl groups excluding tert-OH is 1. The van der Waals surface area contributed by atoms with Gasteiger partial charge in [-0.3, -0.25) is 15.0 Å². The zero-order valence-electron chi connectivity index (χ0n) is 16.6. The molecule has 1 saturated heterocycles. The minimum atomic E-state index is -0.452. The molecule has 1 aromatic rings. The van der Waals surface area contributed by atoms with Crippen molar-refractivity contribution in [2.24, 2.45) is 5.92 Å². The predicted octanol–water partition coefficient (Wildman–Crippen LogP) is 4.51.